The molecule has 0 spiro atoms. The molecule has 0 radical (unpaired) electrons. The number of hydrogen-bond donors (Lipinski definition) is 2. The predicted molar refractivity (Wildman–Crippen MR) is 148 cm³/mol. The number of carbonyl (C=O) groups is 2. The van der Waals surface area contributed by atoms with Crippen LogP contribution in [0, 0.1) is 6.92 Å². The molecule has 5 nitrogen and oxygen atoms in total. The fourth-order valence-electron chi connectivity index (χ4n) is 4.95. The van der Waals surface area contributed by atoms with E-state index in [1.54, 1.807) is 0 Å². The number of hydrogen-bond acceptors (Lipinski definition) is 3. The lowest BCUT2D eigenvalue weighted by atomic mass is 9.74. The molecule has 190 valence electrons. The number of halogens is 1. The minimum absolute atomic E-state index is 0.0562. The number of rotatable bonds is 10. The van der Waals surface area contributed by atoms with Crippen LogP contribution in [0.3, 0.4) is 0 Å². The fraction of sp³-hybridized carbons (Fsp3) is 0.258. The molecule has 1 unspecified atom stereocenters. The number of aryl methyl sites for hydroxylation is 1. The van der Waals surface area contributed by atoms with E-state index in [9.17, 15) is 9.59 Å². The summed E-state index contributed by atoms with van der Waals surface area (Å²) in [6.45, 7) is 4.29. The Morgan fingerprint density at radius 1 is 0.946 bits per heavy atom. The molecule has 1 heterocycles. The van der Waals surface area contributed by atoms with Gasteiger partial charge < -0.3 is 10.4 Å². The first-order valence-corrected chi connectivity index (χ1v) is 13.0. The third-order valence-electron chi connectivity index (χ3n) is 6.70. The zero-order chi connectivity index (χ0) is 26.4. The number of amides is 1. The summed E-state index contributed by atoms with van der Waals surface area (Å²) in [5.41, 5.74) is 5.99. The summed E-state index contributed by atoms with van der Waals surface area (Å²) in [5, 5.41) is 13.3. The lowest BCUT2D eigenvalue weighted by Crippen LogP contribution is -2.26. The van der Waals surface area contributed by atoms with Crippen molar-refractivity contribution in [3.63, 3.8) is 0 Å². The van der Waals surface area contributed by atoms with Gasteiger partial charge in [0.25, 0.3) is 5.91 Å². The molecule has 2 N–H and O–H groups in total. The molecule has 0 bridgehead atoms. The molecular formula is C31H31ClN2O3. The van der Waals surface area contributed by atoms with E-state index >= 15 is 0 Å². The number of carboxylic acid groups (broad SMARTS) is 1. The van der Waals surface area contributed by atoms with Crippen molar-refractivity contribution in [2.45, 2.75) is 44.9 Å². The van der Waals surface area contributed by atoms with Gasteiger partial charge >= 0.3 is 5.97 Å². The summed E-state index contributed by atoms with van der Waals surface area (Å²) >= 11 is 6.25. The zero-order valence-corrected chi connectivity index (χ0v) is 21.8. The van der Waals surface area contributed by atoms with Gasteiger partial charge in [-0.25, -0.2) is 0 Å². The van der Waals surface area contributed by atoms with E-state index in [0.717, 1.165) is 35.0 Å². The van der Waals surface area contributed by atoms with Crippen LogP contribution in [0.1, 0.15) is 70.8 Å². The highest BCUT2D eigenvalue weighted by atomic mass is 35.5. The summed E-state index contributed by atoms with van der Waals surface area (Å²) in [7, 11) is 0. The molecule has 1 aromatic heterocycles. The van der Waals surface area contributed by atoms with Crippen LogP contribution in [0.25, 0.3) is 10.9 Å². The number of carboxylic acids is 1. The van der Waals surface area contributed by atoms with E-state index in [-0.39, 0.29) is 30.7 Å². The summed E-state index contributed by atoms with van der Waals surface area (Å²) in [5.74, 6) is -1.00. The highest BCUT2D eigenvalue weighted by molar-refractivity contribution is 6.30. The van der Waals surface area contributed by atoms with Gasteiger partial charge in [-0.05, 0) is 72.4 Å². The number of aromatic nitrogens is 1. The Bertz CT molecular complexity index is 1380. The lowest BCUT2D eigenvalue weighted by Gasteiger charge is -2.30. The number of carbonyl (C=O) groups excluding carboxylic acids is 1. The molecule has 0 saturated heterocycles. The monoisotopic (exact) mass is 514 g/mol. The molecule has 1 amide bonds. The SMILES string of the molecule is CCC[C@H](c1ccc(C(=O)NCCC(=O)O)cc1)C(c1ccc(Cl)cc1)c1cccc2nc(C)ccc12. The Kier molecular flexibility index (Phi) is 8.57. The van der Waals surface area contributed by atoms with Crippen molar-refractivity contribution in [3.05, 3.63) is 112 Å². The molecule has 4 rings (SSSR count). The number of aliphatic carboxylic acids is 1. The van der Waals surface area contributed by atoms with Crippen LogP contribution >= 0.6 is 11.6 Å². The van der Waals surface area contributed by atoms with Gasteiger partial charge in [-0.1, -0.05) is 67.4 Å². The molecule has 4 aromatic rings. The Balaban J connectivity index is 1.76. The summed E-state index contributed by atoms with van der Waals surface area (Å²) < 4.78 is 0. The standard InChI is InChI=1S/C31H31ClN2O3/c1-3-5-25(21-9-11-23(12-10-21)31(37)33-19-18-29(35)36)30(22-13-15-24(32)16-14-22)27-6-4-7-28-26(27)17-8-20(2)34-28/h4,6-17,25,30H,3,5,18-19H2,1-2H3,(H,33,37)(H,35,36)/t25-,30?/m1/s1. The number of benzene rings is 3. The normalized spacial score (nSPS) is 12.7. The van der Waals surface area contributed by atoms with Crippen LogP contribution in [-0.2, 0) is 4.79 Å². The van der Waals surface area contributed by atoms with Gasteiger partial charge in [0.15, 0.2) is 0 Å². The van der Waals surface area contributed by atoms with Crippen molar-refractivity contribution < 1.29 is 14.7 Å². The number of pyridine rings is 1. The van der Waals surface area contributed by atoms with Crippen molar-refractivity contribution in [1.29, 1.82) is 0 Å². The smallest absolute Gasteiger partial charge is 0.305 e. The molecule has 0 fully saturated rings. The van der Waals surface area contributed by atoms with Crippen LogP contribution < -0.4 is 5.32 Å². The third-order valence-corrected chi connectivity index (χ3v) is 6.95. The Morgan fingerprint density at radius 2 is 1.65 bits per heavy atom. The number of nitrogens with one attached hydrogen (secondary N) is 1. The Hall–Kier alpha value is -3.70. The predicted octanol–water partition coefficient (Wildman–Crippen LogP) is 7.12. The maximum absolute atomic E-state index is 12.5. The van der Waals surface area contributed by atoms with Crippen LogP contribution in [-0.4, -0.2) is 28.5 Å². The van der Waals surface area contributed by atoms with Crippen molar-refractivity contribution in [3.8, 4) is 0 Å². The molecule has 2 atom stereocenters. The second kappa shape index (κ2) is 12.0. The first-order valence-electron chi connectivity index (χ1n) is 12.6. The molecule has 6 heteroatoms. The Labute approximate surface area is 222 Å². The minimum Gasteiger partial charge on any atom is -0.481 e. The van der Waals surface area contributed by atoms with Crippen LogP contribution in [0.2, 0.25) is 5.02 Å². The van der Waals surface area contributed by atoms with E-state index in [0.29, 0.717) is 10.6 Å². The molecule has 0 saturated carbocycles. The quantitative estimate of drug-likeness (QED) is 0.236. The van der Waals surface area contributed by atoms with Crippen molar-refractivity contribution in [2.75, 3.05) is 6.54 Å². The van der Waals surface area contributed by atoms with E-state index in [2.05, 4.69) is 54.7 Å². The summed E-state index contributed by atoms with van der Waals surface area (Å²) in [4.78, 5) is 28.0. The van der Waals surface area contributed by atoms with Gasteiger partial charge in [0.05, 0.1) is 11.9 Å². The average Bonchev–Trinajstić information content (AvgIpc) is 2.89. The molecule has 0 aliphatic rings. The first-order chi connectivity index (χ1) is 17.9. The van der Waals surface area contributed by atoms with Crippen molar-refractivity contribution >= 4 is 34.4 Å². The van der Waals surface area contributed by atoms with E-state index in [4.69, 9.17) is 21.7 Å². The minimum atomic E-state index is -0.940. The zero-order valence-electron chi connectivity index (χ0n) is 21.1. The second-order valence-corrected chi connectivity index (χ2v) is 9.75. The number of fused-ring (bicyclic) bond motifs is 1. The van der Waals surface area contributed by atoms with Gasteiger partial charge in [0.2, 0.25) is 0 Å². The maximum atomic E-state index is 12.5. The maximum Gasteiger partial charge on any atom is 0.305 e. The molecular weight excluding hydrogens is 484 g/mol. The fourth-order valence-corrected chi connectivity index (χ4v) is 5.08. The van der Waals surface area contributed by atoms with E-state index in [1.165, 1.54) is 11.1 Å². The molecule has 0 aliphatic heterocycles. The largest absolute Gasteiger partial charge is 0.481 e. The molecule has 3 aromatic carbocycles. The first kappa shape index (κ1) is 26.4. The second-order valence-electron chi connectivity index (χ2n) is 9.31. The number of nitrogens with zero attached hydrogens (tertiary/aromatic N) is 1. The van der Waals surface area contributed by atoms with Gasteiger partial charge in [-0.3, -0.25) is 14.6 Å². The van der Waals surface area contributed by atoms with Crippen LogP contribution in [0.4, 0.5) is 0 Å². The van der Waals surface area contributed by atoms with E-state index < -0.39 is 5.97 Å². The third kappa shape index (κ3) is 6.36. The topological polar surface area (TPSA) is 79.3 Å². The summed E-state index contributed by atoms with van der Waals surface area (Å²) in [6.07, 6.45) is 1.84. The van der Waals surface area contributed by atoms with Gasteiger partial charge in [-0.15, -0.1) is 0 Å². The van der Waals surface area contributed by atoms with Gasteiger partial charge in [0, 0.05) is 34.1 Å². The molecule has 0 aliphatic carbocycles. The lowest BCUT2D eigenvalue weighted by molar-refractivity contribution is -0.136. The van der Waals surface area contributed by atoms with Gasteiger partial charge in [-0.2, -0.15) is 0 Å². The van der Waals surface area contributed by atoms with E-state index in [1.807, 2.05) is 43.3 Å². The van der Waals surface area contributed by atoms with Crippen LogP contribution in [0.15, 0.2) is 78.9 Å². The average molecular weight is 515 g/mol. The Morgan fingerprint density at radius 3 is 2.32 bits per heavy atom. The van der Waals surface area contributed by atoms with Gasteiger partial charge in [0.1, 0.15) is 0 Å². The van der Waals surface area contributed by atoms with Crippen molar-refractivity contribution in [2.24, 2.45) is 0 Å². The van der Waals surface area contributed by atoms with Crippen molar-refractivity contribution in [1.82, 2.24) is 10.3 Å². The highest BCUT2D eigenvalue weighted by Gasteiger charge is 2.28. The molecule has 37 heavy (non-hydrogen) atoms. The highest BCUT2D eigenvalue weighted by Crippen LogP contribution is 2.43. The van der Waals surface area contributed by atoms with Crippen LogP contribution in [0.5, 0.6) is 0 Å². The summed E-state index contributed by atoms with van der Waals surface area (Å²) in [6, 6.07) is 26.3.